The van der Waals surface area contributed by atoms with Crippen LogP contribution in [0, 0.1) is 22.7 Å². The maximum absolute atomic E-state index is 8.25. The van der Waals surface area contributed by atoms with Crippen molar-refractivity contribution in [3.05, 3.63) is 0 Å². The highest BCUT2D eigenvalue weighted by molar-refractivity contribution is 4.69. The molecule has 0 rings (SSSR count). The van der Waals surface area contributed by atoms with Crippen LogP contribution < -0.4 is 0 Å². The fourth-order valence-corrected chi connectivity index (χ4v) is 1.12. The quantitative estimate of drug-likeness (QED) is 0.548. The molecule has 0 aliphatic carbocycles. The van der Waals surface area contributed by atoms with Crippen LogP contribution in [-0.4, -0.2) is 0 Å². The average molecular weight is 168 g/mol. The summed E-state index contributed by atoms with van der Waals surface area (Å²) in [5.41, 5.74) is 0. The summed E-state index contributed by atoms with van der Waals surface area (Å²) in [6, 6.07) is 4.27. The van der Waals surface area contributed by atoms with Gasteiger partial charge >= 0.3 is 0 Å². The van der Waals surface area contributed by atoms with E-state index in [-0.39, 0.29) is 0 Å². The van der Waals surface area contributed by atoms with Gasteiger partial charge in [0.2, 0.25) is 0 Å². The molecule has 0 aromatic heterocycles. The second-order valence-corrected chi connectivity index (χ2v) is 2.94. The number of hydrogen-bond donors (Lipinski definition) is 0. The monoisotopic (exact) mass is 168 g/mol. The van der Waals surface area contributed by atoms with Gasteiger partial charge in [0.15, 0.2) is 0 Å². The largest absolute Gasteiger partial charge is 0.198 e. The number of nitriles is 2. The summed E-state index contributed by atoms with van der Waals surface area (Å²) in [7, 11) is 0. The Morgan fingerprint density at radius 1 is 0.750 bits per heavy atom. The molecule has 0 bridgehead atoms. The van der Waals surface area contributed by atoms with E-state index in [0.29, 0.717) is 12.8 Å². The summed E-state index contributed by atoms with van der Waals surface area (Å²) in [6.45, 7) is 0. The molecular weight excluding hydrogens is 152 g/mol. The summed E-state index contributed by atoms with van der Waals surface area (Å²) < 4.78 is 0. The van der Waals surface area contributed by atoms with Crippen LogP contribution in [0.15, 0.2) is 0 Å². The Balaban J connectivity index is 2.84. The molecule has 0 spiro atoms. The lowest BCUT2D eigenvalue weighted by atomic mass is 10.2. The lowest BCUT2D eigenvalue weighted by molar-refractivity contribution is 0.603. The molecule has 0 radical (unpaired) electrons. The van der Waals surface area contributed by atoms with Crippen LogP contribution in [0.1, 0.15) is 51.4 Å². The fraction of sp³-hybridized carbons (Fsp3) is 0.800. The predicted molar refractivity (Wildman–Crippen MR) is 48.2 cm³/mol. The fourth-order valence-electron chi connectivity index (χ4n) is 1.12. The topological polar surface area (TPSA) is 47.6 Å². The Morgan fingerprint density at radius 3 is 1.50 bits per heavy atom. The van der Waals surface area contributed by atoms with Gasteiger partial charge in [-0.1, -0.05) is 25.7 Å². The van der Waals surface area contributed by atoms with Crippen molar-refractivity contribution in [2.45, 2.75) is 51.4 Å². The maximum atomic E-state index is 8.25. The average Bonchev–Trinajstić information content (AvgIpc) is 2.10. The van der Waals surface area contributed by atoms with Crippen LogP contribution in [0.3, 0.4) is 0 Å². The van der Waals surface area contributed by atoms with Gasteiger partial charge in [-0.25, -0.2) is 0 Å². The Kier molecular flexibility index (Phi) is 9.13. The van der Waals surface area contributed by atoms with E-state index in [1.165, 1.54) is 25.7 Å². The normalized spacial score (nSPS) is 8.83. The van der Waals surface area contributed by atoms with Crippen molar-refractivity contribution in [3.63, 3.8) is 0 Å². The van der Waals surface area contributed by atoms with E-state index >= 15 is 0 Å². The molecule has 0 unspecified atom stereocenters. The van der Waals surface area contributed by atoms with Crippen LogP contribution in [-0.2, 0) is 0 Å². The summed E-state index contributed by atoms with van der Waals surface area (Å²) in [5, 5.41) is 16.5. The first-order chi connectivity index (χ1) is 5.91. The zero-order valence-electron chi connectivity index (χ0n) is 7.55. The minimum Gasteiger partial charge on any atom is -0.198 e. The zero-order chi connectivity index (χ0) is 9.07. The molecule has 0 atom stereocenters. The zero-order valence-corrected chi connectivity index (χ0v) is 7.55. The SMILES string of the molecule is N#C[14CH2]CCCCCC[14CH2]C#N. The van der Waals surface area contributed by atoms with Gasteiger partial charge in [-0.3, -0.25) is 0 Å². The molecule has 0 aromatic rings. The van der Waals surface area contributed by atoms with Gasteiger partial charge < -0.3 is 0 Å². The predicted octanol–water partition coefficient (Wildman–Crippen LogP) is 3.15. The van der Waals surface area contributed by atoms with E-state index in [2.05, 4.69) is 12.1 Å². The highest BCUT2D eigenvalue weighted by Crippen LogP contribution is 2.07. The van der Waals surface area contributed by atoms with Crippen molar-refractivity contribution >= 4 is 0 Å². The minimum atomic E-state index is 0.693. The Bertz CT molecular complexity index is 142. The van der Waals surface area contributed by atoms with E-state index in [4.69, 9.17) is 10.5 Å². The number of hydrogen-bond acceptors (Lipinski definition) is 2. The minimum absolute atomic E-state index is 0.693. The highest BCUT2D eigenvalue weighted by atomic mass is 14.8. The molecule has 0 fully saturated rings. The summed E-state index contributed by atoms with van der Waals surface area (Å²) in [4.78, 5) is 0. The molecular formula is C10H16N2. The molecule has 0 aromatic carbocycles. The standard InChI is InChI=1S/C10H16N2/c11-9-7-5-3-1-2-4-6-8-10-12/h1-8H2/i7+2,8+2. The molecule has 0 aliphatic heterocycles. The van der Waals surface area contributed by atoms with E-state index in [1.807, 2.05) is 0 Å². The van der Waals surface area contributed by atoms with E-state index in [0.717, 1.165) is 12.8 Å². The molecule has 12 heavy (non-hydrogen) atoms. The first-order valence-electron chi connectivity index (χ1n) is 4.65. The van der Waals surface area contributed by atoms with Crippen molar-refractivity contribution in [2.24, 2.45) is 0 Å². The summed E-state index contributed by atoms with van der Waals surface area (Å²) >= 11 is 0. The van der Waals surface area contributed by atoms with Gasteiger partial charge in [0.05, 0.1) is 12.1 Å². The summed E-state index contributed by atoms with van der Waals surface area (Å²) in [5.74, 6) is 0. The third-order valence-electron chi connectivity index (χ3n) is 1.83. The van der Waals surface area contributed by atoms with Crippen molar-refractivity contribution in [2.75, 3.05) is 0 Å². The Morgan fingerprint density at radius 2 is 1.17 bits per heavy atom. The summed E-state index contributed by atoms with van der Waals surface area (Å²) in [6.07, 6.45) is 8.22. The number of nitrogens with zero attached hydrogens (tertiary/aromatic N) is 2. The van der Waals surface area contributed by atoms with Crippen LogP contribution in [0.25, 0.3) is 0 Å². The number of unbranched alkanes of at least 4 members (excludes halogenated alkanes) is 7. The Labute approximate surface area is 74.8 Å². The van der Waals surface area contributed by atoms with Crippen LogP contribution in [0.5, 0.6) is 0 Å². The number of rotatable bonds is 7. The second kappa shape index (κ2) is 9.98. The molecule has 0 aliphatic rings. The van der Waals surface area contributed by atoms with E-state index in [9.17, 15) is 0 Å². The van der Waals surface area contributed by atoms with Crippen molar-refractivity contribution in [3.8, 4) is 12.1 Å². The Hall–Kier alpha value is -1.02. The third kappa shape index (κ3) is 8.98. The van der Waals surface area contributed by atoms with Crippen LogP contribution >= 0.6 is 0 Å². The highest BCUT2D eigenvalue weighted by Gasteiger charge is 1.90. The van der Waals surface area contributed by atoms with Gasteiger partial charge in [0.25, 0.3) is 0 Å². The van der Waals surface area contributed by atoms with E-state index in [1.54, 1.807) is 0 Å². The lowest BCUT2D eigenvalue weighted by Gasteiger charge is -1.96. The van der Waals surface area contributed by atoms with Gasteiger partial charge in [0, 0.05) is 12.8 Å². The van der Waals surface area contributed by atoms with Crippen LogP contribution in [0.4, 0.5) is 0 Å². The van der Waals surface area contributed by atoms with E-state index < -0.39 is 0 Å². The van der Waals surface area contributed by atoms with Crippen molar-refractivity contribution in [1.82, 2.24) is 0 Å². The molecule has 0 amide bonds. The van der Waals surface area contributed by atoms with Gasteiger partial charge in [-0.15, -0.1) is 0 Å². The van der Waals surface area contributed by atoms with Crippen molar-refractivity contribution < 1.29 is 0 Å². The molecule has 0 N–H and O–H groups in total. The van der Waals surface area contributed by atoms with Gasteiger partial charge in [0.1, 0.15) is 0 Å². The smallest absolute Gasteiger partial charge is 0.0621 e. The second-order valence-electron chi connectivity index (χ2n) is 2.94. The molecule has 0 saturated carbocycles. The maximum Gasteiger partial charge on any atom is 0.0621 e. The van der Waals surface area contributed by atoms with Gasteiger partial charge in [-0.05, 0) is 12.8 Å². The molecule has 0 heterocycles. The van der Waals surface area contributed by atoms with Gasteiger partial charge in [-0.2, -0.15) is 10.5 Å². The first kappa shape index (κ1) is 11.0. The molecule has 66 valence electrons. The lowest BCUT2D eigenvalue weighted by Crippen LogP contribution is -1.79. The van der Waals surface area contributed by atoms with Crippen LogP contribution in [0.2, 0.25) is 0 Å². The molecule has 2 nitrogen and oxygen atoms in total. The molecule has 0 saturated heterocycles. The first-order valence-corrected chi connectivity index (χ1v) is 4.65. The molecule has 2 heteroatoms. The third-order valence-corrected chi connectivity index (χ3v) is 1.83. The van der Waals surface area contributed by atoms with Crippen molar-refractivity contribution in [1.29, 1.82) is 10.5 Å².